The van der Waals surface area contributed by atoms with Gasteiger partial charge in [-0.1, -0.05) is 0 Å². The fraction of sp³-hybridized carbons (Fsp3) is 0.500. The molecule has 1 N–H and O–H groups in total. The molecule has 98 valence electrons. The molecule has 1 atom stereocenters. The molecule has 1 fully saturated rings. The zero-order chi connectivity index (χ0) is 13.3. The Morgan fingerprint density at radius 3 is 2.89 bits per heavy atom. The normalized spacial score (nSPS) is 19.9. The first-order valence-corrected chi connectivity index (χ1v) is 6.71. The van der Waals surface area contributed by atoms with Crippen LogP contribution < -0.4 is 10.2 Å². The average Bonchev–Trinajstić information content (AvgIpc) is 2.31. The van der Waals surface area contributed by atoms with Crippen LogP contribution in [0.2, 0.25) is 0 Å². The molecule has 0 amide bonds. The van der Waals surface area contributed by atoms with Crippen LogP contribution in [0.1, 0.15) is 12.5 Å². The van der Waals surface area contributed by atoms with Crippen molar-refractivity contribution >= 4 is 27.3 Å². The molecule has 5 nitrogen and oxygen atoms in total. The van der Waals surface area contributed by atoms with Crippen LogP contribution in [0.5, 0.6) is 0 Å². The highest BCUT2D eigenvalue weighted by Crippen LogP contribution is 2.33. The third-order valence-corrected chi connectivity index (χ3v) is 3.81. The largest absolute Gasteiger partial charge is 0.368 e. The third-order valence-electron chi connectivity index (χ3n) is 3.17. The van der Waals surface area contributed by atoms with E-state index in [1.165, 1.54) is 0 Å². The Morgan fingerprint density at radius 1 is 1.56 bits per heavy atom. The van der Waals surface area contributed by atoms with E-state index in [9.17, 15) is 10.1 Å². The molecule has 1 aliphatic heterocycles. The van der Waals surface area contributed by atoms with Gasteiger partial charge >= 0.3 is 0 Å². The second-order valence-electron chi connectivity index (χ2n) is 4.65. The lowest BCUT2D eigenvalue weighted by atomic mass is 10.1. The highest BCUT2D eigenvalue weighted by atomic mass is 79.9. The van der Waals surface area contributed by atoms with Gasteiger partial charge in [0.2, 0.25) is 0 Å². The van der Waals surface area contributed by atoms with Gasteiger partial charge in [0.25, 0.3) is 5.69 Å². The molecular formula is C12H16BrN3O2. The summed E-state index contributed by atoms with van der Waals surface area (Å²) in [5, 5.41) is 14.3. The quantitative estimate of drug-likeness (QED) is 0.673. The molecule has 2 rings (SSSR count). The minimum Gasteiger partial charge on any atom is -0.368 e. The Labute approximate surface area is 114 Å². The van der Waals surface area contributed by atoms with E-state index in [-0.39, 0.29) is 10.6 Å². The van der Waals surface area contributed by atoms with Crippen LogP contribution in [0.25, 0.3) is 0 Å². The van der Waals surface area contributed by atoms with Crippen LogP contribution in [0.4, 0.5) is 11.4 Å². The van der Waals surface area contributed by atoms with E-state index >= 15 is 0 Å². The summed E-state index contributed by atoms with van der Waals surface area (Å²) in [4.78, 5) is 12.8. The molecule has 0 aliphatic carbocycles. The number of hydrogen-bond donors (Lipinski definition) is 1. The lowest BCUT2D eigenvalue weighted by Crippen LogP contribution is -2.49. The van der Waals surface area contributed by atoms with Crippen molar-refractivity contribution < 1.29 is 4.92 Å². The zero-order valence-electron chi connectivity index (χ0n) is 10.4. The SMILES string of the molecule is Cc1cc(N2CCN[C@H](C)C2)c(Br)cc1[N+](=O)[O-]. The van der Waals surface area contributed by atoms with Crippen LogP contribution >= 0.6 is 15.9 Å². The summed E-state index contributed by atoms with van der Waals surface area (Å²) in [6.45, 7) is 6.68. The maximum Gasteiger partial charge on any atom is 0.273 e. The molecule has 6 heteroatoms. The van der Waals surface area contributed by atoms with Gasteiger partial charge in [-0.25, -0.2) is 0 Å². The molecule has 1 aliphatic rings. The van der Waals surface area contributed by atoms with Crippen molar-refractivity contribution in [2.75, 3.05) is 24.5 Å². The highest BCUT2D eigenvalue weighted by Gasteiger charge is 2.21. The number of halogens is 1. The molecule has 0 spiro atoms. The Bertz CT molecular complexity index is 479. The molecule has 18 heavy (non-hydrogen) atoms. The van der Waals surface area contributed by atoms with Gasteiger partial charge in [-0.2, -0.15) is 0 Å². The number of nitrogens with zero attached hydrogens (tertiary/aromatic N) is 2. The predicted octanol–water partition coefficient (Wildman–Crippen LogP) is 2.46. The molecule has 1 aromatic carbocycles. The Kier molecular flexibility index (Phi) is 3.87. The van der Waals surface area contributed by atoms with Crippen molar-refractivity contribution in [1.82, 2.24) is 5.32 Å². The smallest absolute Gasteiger partial charge is 0.273 e. The Hall–Kier alpha value is -1.14. The molecule has 1 heterocycles. The van der Waals surface area contributed by atoms with Crippen molar-refractivity contribution in [2.45, 2.75) is 19.9 Å². The van der Waals surface area contributed by atoms with Crippen molar-refractivity contribution in [3.05, 3.63) is 32.3 Å². The van der Waals surface area contributed by atoms with Gasteiger partial charge in [0.05, 0.1) is 10.6 Å². The Balaban J connectivity index is 2.34. The maximum atomic E-state index is 10.9. The second-order valence-corrected chi connectivity index (χ2v) is 5.50. The summed E-state index contributed by atoms with van der Waals surface area (Å²) < 4.78 is 0.786. The summed E-state index contributed by atoms with van der Waals surface area (Å²) in [5.41, 5.74) is 1.89. The minimum atomic E-state index is -0.343. The Morgan fingerprint density at radius 2 is 2.28 bits per heavy atom. The molecule has 0 saturated carbocycles. The van der Waals surface area contributed by atoms with Gasteiger partial charge in [-0.15, -0.1) is 0 Å². The molecular weight excluding hydrogens is 298 g/mol. The van der Waals surface area contributed by atoms with Crippen LogP contribution in [0.3, 0.4) is 0 Å². The van der Waals surface area contributed by atoms with Crippen LogP contribution in [0, 0.1) is 17.0 Å². The topological polar surface area (TPSA) is 58.4 Å². The number of nitrogens with one attached hydrogen (secondary N) is 1. The number of nitro benzene ring substituents is 1. The van der Waals surface area contributed by atoms with Crippen molar-refractivity contribution in [3.8, 4) is 0 Å². The summed E-state index contributed by atoms with van der Waals surface area (Å²) in [5.74, 6) is 0. The monoisotopic (exact) mass is 313 g/mol. The summed E-state index contributed by atoms with van der Waals surface area (Å²) in [6, 6.07) is 3.92. The third kappa shape index (κ3) is 2.64. The van der Waals surface area contributed by atoms with Crippen LogP contribution in [0.15, 0.2) is 16.6 Å². The van der Waals surface area contributed by atoms with Gasteiger partial charge in [-0.05, 0) is 35.8 Å². The second kappa shape index (κ2) is 5.24. The van der Waals surface area contributed by atoms with Crippen molar-refractivity contribution in [2.24, 2.45) is 0 Å². The number of benzene rings is 1. The summed E-state index contributed by atoms with van der Waals surface area (Å²) in [6.07, 6.45) is 0. The van der Waals surface area contributed by atoms with Gasteiger partial charge in [0.15, 0.2) is 0 Å². The van der Waals surface area contributed by atoms with E-state index in [4.69, 9.17) is 0 Å². The fourth-order valence-corrected chi connectivity index (χ4v) is 2.83. The fourth-order valence-electron chi connectivity index (χ4n) is 2.25. The van der Waals surface area contributed by atoms with E-state index in [1.54, 1.807) is 13.0 Å². The number of rotatable bonds is 2. The molecule has 1 aromatic rings. The van der Waals surface area contributed by atoms with E-state index < -0.39 is 0 Å². The first-order chi connectivity index (χ1) is 8.49. The van der Waals surface area contributed by atoms with E-state index in [1.807, 2.05) is 6.07 Å². The molecule has 0 aromatic heterocycles. The highest BCUT2D eigenvalue weighted by molar-refractivity contribution is 9.10. The standard InChI is InChI=1S/C12H16BrN3O2/c1-8-5-12(10(13)6-11(8)16(17)18)15-4-3-14-9(2)7-15/h5-6,9,14H,3-4,7H2,1-2H3/t9-/m1/s1. The van der Waals surface area contributed by atoms with E-state index in [2.05, 4.69) is 33.1 Å². The number of hydrogen-bond acceptors (Lipinski definition) is 4. The number of nitro groups is 1. The number of piperazine rings is 1. The van der Waals surface area contributed by atoms with E-state index in [0.717, 1.165) is 29.8 Å². The zero-order valence-corrected chi connectivity index (χ0v) is 12.0. The maximum absolute atomic E-state index is 10.9. The molecule has 0 radical (unpaired) electrons. The summed E-state index contributed by atoms with van der Waals surface area (Å²) >= 11 is 3.44. The van der Waals surface area contributed by atoms with Crippen LogP contribution in [-0.4, -0.2) is 30.6 Å². The number of aryl methyl sites for hydroxylation is 1. The van der Waals surface area contributed by atoms with Gasteiger partial charge < -0.3 is 10.2 Å². The van der Waals surface area contributed by atoms with Gasteiger partial charge in [-0.3, -0.25) is 10.1 Å². The lowest BCUT2D eigenvalue weighted by molar-refractivity contribution is -0.385. The molecule has 0 unspecified atom stereocenters. The van der Waals surface area contributed by atoms with Gasteiger partial charge in [0, 0.05) is 41.8 Å². The van der Waals surface area contributed by atoms with Crippen molar-refractivity contribution in [3.63, 3.8) is 0 Å². The lowest BCUT2D eigenvalue weighted by Gasteiger charge is -2.34. The summed E-state index contributed by atoms with van der Waals surface area (Å²) in [7, 11) is 0. The predicted molar refractivity (Wildman–Crippen MR) is 75.2 cm³/mol. The van der Waals surface area contributed by atoms with Crippen molar-refractivity contribution in [1.29, 1.82) is 0 Å². The minimum absolute atomic E-state index is 0.161. The average molecular weight is 314 g/mol. The molecule has 0 bridgehead atoms. The first kappa shape index (κ1) is 13.3. The van der Waals surface area contributed by atoms with Crippen LogP contribution in [-0.2, 0) is 0 Å². The van der Waals surface area contributed by atoms with E-state index in [0.29, 0.717) is 11.6 Å². The van der Waals surface area contributed by atoms with Gasteiger partial charge in [0.1, 0.15) is 0 Å². The number of anilines is 1. The first-order valence-electron chi connectivity index (χ1n) is 5.92. The molecule has 1 saturated heterocycles.